The van der Waals surface area contributed by atoms with E-state index in [9.17, 15) is 4.79 Å². The molecule has 2 aromatic heterocycles. The van der Waals surface area contributed by atoms with Crippen molar-refractivity contribution in [1.29, 1.82) is 0 Å². The zero-order chi connectivity index (χ0) is 13.4. The number of hydrogen-bond acceptors (Lipinski definition) is 3. The maximum absolute atomic E-state index is 11.5. The molecule has 0 saturated carbocycles. The number of ketones is 1. The van der Waals surface area contributed by atoms with Crippen LogP contribution < -0.4 is 0 Å². The number of aromatic nitrogens is 3. The molecule has 3 aromatic rings. The molecule has 94 valence electrons. The maximum Gasteiger partial charge on any atom is 0.196 e. The van der Waals surface area contributed by atoms with Gasteiger partial charge in [-0.25, -0.2) is 9.97 Å². The summed E-state index contributed by atoms with van der Waals surface area (Å²) in [5.41, 5.74) is 3.61. The fourth-order valence-electron chi connectivity index (χ4n) is 2.15. The first-order valence-electron chi connectivity index (χ1n) is 6.08. The van der Waals surface area contributed by atoms with Gasteiger partial charge in [-0.15, -0.1) is 0 Å². The lowest BCUT2D eigenvalue weighted by Gasteiger charge is -2.03. The van der Waals surface area contributed by atoms with Crippen LogP contribution in [0.2, 0.25) is 0 Å². The van der Waals surface area contributed by atoms with Crippen molar-refractivity contribution in [3.8, 4) is 11.3 Å². The fourth-order valence-corrected chi connectivity index (χ4v) is 2.15. The smallest absolute Gasteiger partial charge is 0.196 e. The second-order valence-electron chi connectivity index (χ2n) is 4.52. The number of para-hydroxylation sites is 1. The lowest BCUT2D eigenvalue weighted by molar-refractivity contribution is 0.100. The molecule has 0 aliphatic carbocycles. The Balaban J connectivity index is 2.24. The summed E-state index contributed by atoms with van der Waals surface area (Å²) < 4.78 is 0. The van der Waals surface area contributed by atoms with Gasteiger partial charge in [0.05, 0.1) is 5.69 Å². The van der Waals surface area contributed by atoms with Gasteiger partial charge in [-0.05, 0) is 19.1 Å². The van der Waals surface area contributed by atoms with Gasteiger partial charge in [0.1, 0.15) is 0 Å². The average molecular weight is 251 g/mol. The van der Waals surface area contributed by atoms with E-state index < -0.39 is 0 Å². The predicted octanol–water partition coefficient (Wildman–Crippen LogP) is 3.14. The van der Waals surface area contributed by atoms with E-state index in [2.05, 4.69) is 15.0 Å². The van der Waals surface area contributed by atoms with Crippen molar-refractivity contribution >= 4 is 16.7 Å². The Morgan fingerprint density at radius 1 is 1.21 bits per heavy atom. The van der Waals surface area contributed by atoms with Crippen LogP contribution in [-0.2, 0) is 0 Å². The largest absolute Gasteiger partial charge is 0.360 e. The van der Waals surface area contributed by atoms with E-state index in [-0.39, 0.29) is 11.6 Å². The molecule has 19 heavy (non-hydrogen) atoms. The second-order valence-corrected chi connectivity index (χ2v) is 4.52. The Morgan fingerprint density at radius 3 is 2.79 bits per heavy atom. The van der Waals surface area contributed by atoms with Crippen LogP contribution in [0.25, 0.3) is 22.2 Å². The van der Waals surface area contributed by atoms with Crippen LogP contribution in [0.5, 0.6) is 0 Å². The second kappa shape index (κ2) is 4.31. The lowest BCUT2D eigenvalue weighted by atomic mass is 10.1. The molecular formula is C15H13N3O. The molecule has 0 bridgehead atoms. The highest BCUT2D eigenvalue weighted by atomic mass is 16.1. The minimum atomic E-state index is -0.121. The van der Waals surface area contributed by atoms with E-state index in [1.807, 2.05) is 43.5 Å². The molecule has 0 spiro atoms. The van der Waals surface area contributed by atoms with E-state index in [1.54, 1.807) is 0 Å². The number of Topliss-reactive ketones (excluding diaryl/α,β-unsaturated/α-hetero) is 1. The van der Waals surface area contributed by atoms with Crippen LogP contribution in [0.3, 0.4) is 0 Å². The maximum atomic E-state index is 11.5. The molecule has 4 nitrogen and oxygen atoms in total. The summed E-state index contributed by atoms with van der Waals surface area (Å²) in [6.07, 6.45) is 1.91. The molecular weight excluding hydrogens is 238 g/mol. The molecule has 1 N–H and O–H groups in total. The summed E-state index contributed by atoms with van der Waals surface area (Å²) >= 11 is 0. The number of nitrogens with zero attached hydrogens (tertiary/aromatic N) is 2. The van der Waals surface area contributed by atoms with E-state index in [1.165, 1.54) is 6.92 Å². The van der Waals surface area contributed by atoms with Gasteiger partial charge in [0.2, 0.25) is 0 Å². The van der Waals surface area contributed by atoms with Gasteiger partial charge < -0.3 is 4.98 Å². The van der Waals surface area contributed by atoms with Gasteiger partial charge in [0.25, 0.3) is 0 Å². The Hall–Kier alpha value is -2.49. The van der Waals surface area contributed by atoms with Gasteiger partial charge >= 0.3 is 0 Å². The Kier molecular flexibility index (Phi) is 2.63. The molecule has 0 unspecified atom stereocenters. The van der Waals surface area contributed by atoms with Crippen LogP contribution in [0, 0.1) is 6.92 Å². The van der Waals surface area contributed by atoms with Crippen molar-refractivity contribution in [2.24, 2.45) is 0 Å². The Bertz CT molecular complexity index is 774. The first kappa shape index (κ1) is 11.6. The third kappa shape index (κ3) is 2.01. The van der Waals surface area contributed by atoms with Crippen LogP contribution in [0.4, 0.5) is 0 Å². The van der Waals surface area contributed by atoms with E-state index >= 15 is 0 Å². The monoisotopic (exact) mass is 251 g/mol. The van der Waals surface area contributed by atoms with Crippen molar-refractivity contribution in [3.63, 3.8) is 0 Å². The highest BCUT2D eigenvalue weighted by Crippen LogP contribution is 2.27. The van der Waals surface area contributed by atoms with Crippen molar-refractivity contribution in [2.45, 2.75) is 13.8 Å². The number of hydrogen-bond donors (Lipinski definition) is 1. The molecule has 1 aromatic carbocycles. The fraction of sp³-hybridized carbons (Fsp3) is 0.133. The number of nitrogens with one attached hydrogen (secondary N) is 1. The molecule has 0 aliphatic rings. The van der Waals surface area contributed by atoms with Crippen LogP contribution in [0.1, 0.15) is 23.2 Å². The highest BCUT2D eigenvalue weighted by Gasteiger charge is 2.11. The Morgan fingerprint density at radius 2 is 2.00 bits per heavy atom. The minimum Gasteiger partial charge on any atom is -0.360 e. The normalized spacial score (nSPS) is 10.8. The highest BCUT2D eigenvalue weighted by molar-refractivity contribution is 5.96. The number of fused-ring (bicyclic) bond motifs is 1. The molecule has 0 aliphatic heterocycles. The van der Waals surface area contributed by atoms with Crippen LogP contribution in [0.15, 0.2) is 36.5 Å². The summed E-state index contributed by atoms with van der Waals surface area (Å²) in [5, 5.41) is 1.09. The van der Waals surface area contributed by atoms with Crippen molar-refractivity contribution in [1.82, 2.24) is 15.0 Å². The molecule has 0 amide bonds. The number of carbonyl (C=O) groups excluding carboxylic acids is 1. The predicted molar refractivity (Wildman–Crippen MR) is 74.1 cm³/mol. The summed E-state index contributed by atoms with van der Waals surface area (Å²) in [6.45, 7) is 3.35. The molecule has 0 saturated heterocycles. The van der Waals surface area contributed by atoms with Gasteiger partial charge in [-0.3, -0.25) is 4.79 Å². The summed E-state index contributed by atoms with van der Waals surface area (Å²) in [7, 11) is 0. The van der Waals surface area contributed by atoms with Crippen LogP contribution in [-0.4, -0.2) is 20.7 Å². The average Bonchev–Trinajstić information content (AvgIpc) is 2.81. The van der Waals surface area contributed by atoms with Crippen molar-refractivity contribution in [2.75, 3.05) is 0 Å². The molecule has 0 fully saturated rings. The molecule has 3 rings (SSSR count). The number of carbonyl (C=O) groups is 1. The van der Waals surface area contributed by atoms with Crippen molar-refractivity contribution in [3.05, 3.63) is 48.0 Å². The van der Waals surface area contributed by atoms with E-state index in [0.717, 1.165) is 27.9 Å². The molecule has 2 heterocycles. The molecule has 0 radical (unpaired) electrons. The van der Waals surface area contributed by atoms with Gasteiger partial charge in [0, 0.05) is 35.3 Å². The third-order valence-corrected chi connectivity index (χ3v) is 3.03. The van der Waals surface area contributed by atoms with Crippen LogP contribution >= 0.6 is 0 Å². The lowest BCUT2D eigenvalue weighted by Crippen LogP contribution is -2.03. The zero-order valence-corrected chi connectivity index (χ0v) is 10.8. The standard InChI is InChI=1S/C15H13N3O/c1-9-7-14(18-15(17-9)10(2)19)12-8-16-13-6-4-3-5-11(12)13/h3-8,16H,1-2H3. The summed E-state index contributed by atoms with van der Waals surface area (Å²) in [6, 6.07) is 9.90. The summed E-state index contributed by atoms with van der Waals surface area (Å²) in [4.78, 5) is 23.2. The quantitative estimate of drug-likeness (QED) is 0.712. The van der Waals surface area contributed by atoms with Gasteiger partial charge in [-0.1, -0.05) is 18.2 Å². The number of aryl methyl sites for hydroxylation is 1. The molecule has 0 atom stereocenters. The van der Waals surface area contributed by atoms with Crippen molar-refractivity contribution < 1.29 is 4.79 Å². The molecule has 4 heteroatoms. The Labute approximate surface area is 110 Å². The zero-order valence-electron chi connectivity index (χ0n) is 10.8. The third-order valence-electron chi connectivity index (χ3n) is 3.03. The number of rotatable bonds is 2. The SMILES string of the molecule is CC(=O)c1nc(C)cc(-c2c[nH]c3ccccc23)n1. The number of H-pyrrole nitrogens is 1. The van der Waals surface area contributed by atoms with E-state index in [0.29, 0.717) is 0 Å². The van der Waals surface area contributed by atoms with Gasteiger partial charge in [-0.2, -0.15) is 0 Å². The minimum absolute atomic E-state index is 0.121. The summed E-state index contributed by atoms with van der Waals surface area (Å²) in [5.74, 6) is 0.144. The number of aromatic amines is 1. The van der Waals surface area contributed by atoms with E-state index in [4.69, 9.17) is 0 Å². The topological polar surface area (TPSA) is 58.6 Å². The van der Waals surface area contributed by atoms with Gasteiger partial charge in [0.15, 0.2) is 11.6 Å². The first-order valence-corrected chi connectivity index (χ1v) is 6.08. The number of benzene rings is 1. The first-order chi connectivity index (χ1) is 9.15.